The number of aryl methyl sites for hydroxylation is 1. The number of rotatable bonds is 3. The number of anilines is 1. The lowest BCUT2D eigenvalue weighted by atomic mass is 10.2. The van der Waals surface area contributed by atoms with Crippen molar-refractivity contribution in [3.63, 3.8) is 0 Å². The van der Waals surface area contributed by atoms with E-state index in [4.69, 9.17) is 23.2 Å². The number of carbonyl (C=O) groups is 1. The molecule has 3 aromatic rings. The number of imidazole rings is 1. The van der Waals surface area contributed by atoms with Crippen molar-refractivity contribution in [1.82, 2.24) is 9.38 Å². The summed E-state index contributed by atoms with van der Waals surface area (Å²) in [6, 6.07) is 5.34. The molecule has 0 saturated heterocycles. The number of nitrogens with zero attached hydrogens (tertiary/aromatic N) is 2. The Labute approximate surface area is 141 Å². The van der Waals surface area contributed by atoms with Crippen molar-refractivity contribution in [2.45, 2.75) is 6.92 Å². The molecule has 0 bridgehead atoms. The van der Waals surface area contributed by atoms with Crippen LogP contribution in [0.4, 0.5) is 5.69 Å². The van der Waals surface area contributed by atoms with Gasteiger partial charge in [-0.2, -0.15) is 0 Å². The van der Waals surface area contributed by atoms with Gasteiger partial charge < -0.3 is 5.32 Å². The molecule has 22 heavy (non-hydrogen) atoms. The summed E-state index contributed by atoms with van der Waals surface area (Å²) in [7, 11) is 0. The molecule has 0 fully saturated rings. The SMILES string of the molecule is Cc1ccc(Cl)cc1NC(=O)/C=C/c1c(Cl)nc2sccn12. The Morgan fingerprint density at radius 1 is 1.41 bits per heavy atom. The molecule has 0 saturated carbocycles. The second-order valence-corrected chi connectivity index (χ2v) is 6.29. The zero-order valence-electron chi connectivity index (χ0n) is 11.5. The molecular formula is C15H11Cl2N3OS. The van der Waals surface area contributed by atoms with Crippen LogP contribution in [-0.2, 0) is 4.79 Å². The van der Waals surface area contributed by atoms with Gasteiger partial charge in [0.1, 0.15) is 0 Å². The molecule has 4 nitrogen and oxygen atoms in total. The first-order valence-electron chi connectivity index (χ1n) is 6.41. The maximum Gasteiger partial charge on any atom is 0.248 e. The summed E-state index contributed by atoms with van der Waals surface area (Å²) in [4.78, 5) is 17.0. The zero-order chi connectivity index (χ0) is 15.7. The van der Waals surface area contributed by atoms with Crippen LogP contribution >= 0.6 is 34.5 Å². The van der Waals surface area contributed by atoms with E-state index in [0.29, 0.717) is 21.6 Å². The van der Waals surface area contributed by atoms with Crippen LogP contribution in [0.15, 0.2) is 35.9 Å². The number of carbonyl (C=O) groups excluding carboxylic acids is 1. The Kier molecular flexibility index (Phi) is 4.20. The van der Waals surface area contributed by atoms with Crippen molar-refractivity contribution in [3.05, 3.63) is 57.3 Å². The van der Waals surface area contributed by atoms with Crippen molar-refractivity contribution in [3.8, 4) is 0 Å². The van der Waals surface area contributed by atoms with Crippen LogP contribution in [0.2, 0.25) is 10.2 Å². The van der Waals surface area contributed by atoms with Gasteiger partial charge in [-0.1, -0.05) is 29.3 Å². The first kappa shape index (κ1) is 15.1. The van der Waals surface area contributed by atoms with Crippen LogP contribution < -0.4 is 5.32 Å². The molecule has 1 N–H and O–H groups in total. The van der Waals surface area contributed by atoms with Gasteiger partial charge in [0.2, 0.25) is 5.91 Å². The Morgan fingerprint density at radius 2 is 2.23 bits per heavy atom. The largest absolute Gasteiger partial charge is 0.322 e. The smallest absolute Gasteiger partial charge is 0.248 e. The van der Waals surface area contributed by atoms with E-state index in [2.05, 4.69) is 10.3 Å². The molecule has 1 aromatic carbocycles. The van der Waals surface area contributed by atoms with Crippen molar-refractivity contribution in [2.24, 2.45) is 0 Å². The molecule has 0 unspecified atom stereocenters. The second kappa shape index (κ2) is 6.12. The third-order valence-corrected chi connectivity index (χ3v) is 4.37. The van der Waals surface area contributed by atoms with E-state index in [1.165, 1.54) is 17.4 Å². The van der Waals surface area contributed by atoms with Crippen LogP contribution in [0.25, 0.3) is 11.0 Å². The van der Waals surface area contributed by atoms with Gasteiger partial charge in [-0.05, 0) is 30.7 Å². The molecule has 3 rings (SSSR count). The number of fused-ring (bicyclic) bond motifs is 1. The molecule has 0 aliphatic heterocycles. The first-order chi connectivity index (χ1) is 10.5. The Hall–Kier alpha value is -1.82. The van der Waals surface area contributed by atoms with E-state index in [9.17, 15) is 4.79 Å². The number of amides is 1. The van der Waals surface area contributed by atoms with Crippen LogP contribution in [0.3, 0.4) is 0 Å². The van der Waals surface area contributed by atoms with Crippen molar-refractivity contribution < 1.29 is 4.79 Å². The van der Waals surface area contributed by atoms with Gasteiger partial charge in [0.05, 0.1) is 5.69 Å². The fraction of sp³-hybridized carbons (Fsp3) is 0.0667. The Bertz CT molecular complexity index is 882. The van der Waals surface area contributed by atoms with Crippen molar-refractivity contribution >= 4 is 57.2 Å². The molecule has 0 aliphatic carbocycles. The molecule has 0 radical (unpaired) electrons. The summed E-state index contributed by atoms with van der Waals surface area (Å²) in [6.07, 6.45) is 4.93. The van der Waals surface area contributed by atoms with Gasteiger partial charge in [-0.3, -0.25) is 9.20 Å². The van der Waals surface area contributed by atoms with Gasteiger partial charge in [0.15, 0.2) is 10.1 Å². The lowest BCUT2D eigenvalue weighted by Gasteiger charge is -2.06. The highest BCUT2D eigenvalue weighted by Crippen LogP contribution is 2.23. The van der Waals surface area contributed by atoms with E-state index in [-0.39, 0.29) is 5.91 Å². The molecule has 1 amide bonds. The van der Waals surface area contributed by atoms with E-state index in [1.807, 2.05) is 29.0 Å². The van der Waals surface area contributed by atoms with Crippen LogP contribution in [0.5, 0.6) is 0 Å². The number of benzene rings is 1. The quantitative estimate of drug-likeness (QED) is 0.697. The van der Waals surface area contributed by atoms with Gasteiger partial charge >= 0.3 is 0 Å². The minimum Gasteiger partial charge on any atom is -0.322 e. The number of hydrogen-bond donors (Lipinski definition) is 1. The summed E-state index contributed by atoms with van der Waals surface area (Å²) in [5.74, 6) is -0.258. The normalized spacial score (nSPS) is 11.4. The fourth-order valence-electron chi connectivity index (χ4n) is 1.98. The minimum atomic E-state index is -0.258. The van der Waals surface area contributed by atoms with Crippen molar-refractivity contribution in [1.29, 1.82) is 0 Å². The standard InChI is InChI=1S/C15H11Cl2N3OS/c1-9-2-3-10(16)8-11(9)18-13(21)5-4-12-14(17)19-15-20(12)6-7-22-15/h2-8H,1H3,(H,18,21)/b5-4+. The van der Waals surface area contributed by atoms with E-state index >= 15 is 0 Å². The van der Waals surface area contributed by atoms with Gasteiger partial charge in [-0.15, -0.1) is 11.3 Å². The number of hydrogen-bond acceptors (Lipinski definition) is 3. The topological polar surface area (TPSA) is 46.4 Å². The predicted molar refractivity (Wildman–Crippen MR) is 91.9 cm³/mol. The number of thiazole rings is 1. The molecule has 0 spiro atoms. The third kappa shape index (κ3) is 3.02. The lowest BCUT2D eigenvalue weighted by molar-refractivity contribution is -0.111. The van der Waals surface area contributed by atoms with Gasteiger partial charge in [0, 0.05) is 28.4 Å². The summed E-state index contributed by atoms with van der Waals surface area (Å²) in [6.45, 7) is 1.90. The number of aromatic nitrogens is 2. The molecular weight excluding hydrogens is 341 g/mol. The molecule has 2 heterocycles. The summed E-state index contributed by atoms with van der Waals surface area (Å²) in [5.41, 5.74) is 2.30. The Balaban J connectivity index is 1.80. The highest BCUT2D eigenvalue weighted by Gasteiger charge is 2.09. The van der Waals surface area contributed by atoms with Crippen LogP contribution in [-0.4, -0.2) is 15.3 Å². The monoisotopic (exact) mass is 351 g/mol. The van der Waals surface area contributed by atoms with Crippen molar-refractivity contribution in [2.75, 3.05) is 5.32 Å². The van der Waals surface area contributed by atoms with E-state index in [1.54, 1.807) is 18.2 Å². The summed E-state index contributed by atoms with van der Waals surface area (Å²) >= 11 is 13.5. The highest BCUT2D eigenvalue weighted by molar-refractivity contribution is 7.15. The number of nitrogens with one attached hydrogen (secondary N) is 1. The molecule has 0 aliphatic rings. The van der Waals surface area contributed by atoms with Gasteiger partial charge in [-0.25, -0.2) is 4.98 Å². The maximum absolute atomic E-state index is 12.0. The summed E-state index contributed by atoms with van der Waals surface area (Å²) in [5, 5.41) is 5.65. The Morgan fingerprint density at radius 3 is 3.05 bits per heavy atom. The average molecular weight is 352 g/mol. The fourth-order valence-corrected chi connectivity index (χ4v) is 3.16. The average Bonchev–Trinajstić information content (AvgIpc) is 3.01. The molecule has 7 heteroatoms. The van der Waals surface area contributed by atoms with Gasteiger partial charge in [0.25, 0.3) is 0 Å². The van der Waals surface area contributed by atoms with Crippen LogP contribution in [0.1, 0.15) is 11.3 Å². The van der Waals surface area contributed by atoms with Crippen LogP contribution in [0, 0.1) is 6.92 Å². The lowest BCUT2D eigenvalue weighted by Crippen LogP contribution is -2.09. The first-order valence-corrected chi connectivity index (χ1v) is 8.04. The minimum absolute atomic E-state index is 0.258. The maximum atomic E-state index is 12.0. The molecule has 2 aromatic heterocycles. The number of halogens is 2. The molecule has 112 valence electrons. The molecule has 0 atom stereocenters. The van der Waals surface area contributed by atoms with E-state index in [0.717, 1.165) is 10.5 Å². The highest BCUT2D eigenvalue weighted by atomic mass is 35.5. The second-order valence-electron chi connectivity index (χ2n) is 4.63. The summed E-state index contributed by atoms with van der Waals surface area (Å²) < 4.78 is 1.83. The zero-order valence-corrected chi connectivity index (χ0v) is 13.8. The third-order valence-electron chi connectivity index (χ3n) is 3.10. The van der Waals surface area contributed by atoms with E-state index < -0.39 is 0 Å². The predicted octanol–water partition coefficient (Wildman–Crippen LogP) is 4.66.